The molecule has 0 fully saturated rings. The smallest absolute Gasteiger partial charge is 0.0431 e. The molecule has 0 unspecified atom stereocenters. The summed E-state index contributed by atoms with van der Waals surface area (Å²) >= 11 is 0. The maximum Gasteiger partial charge on any atom is 0.0431 e. The summed E-state index contributed by atoms with van der Waals surface area (Å²) in [5, 5.41) is 8.61. The van der Waals surface area contributed by atoms with Gasteiger partial charge in [-0.25, -0.2) is 0 Å². The van der Waals surface area contributed by atoms with E-state index < -0.39 is 0 Å². The average Bonchev–Trinajstić information content (AvgIpc) is 2.35. The Bertz CT molecular complexity index is 259. The monoisotopic (exact) mass is 234 g/mol. The second-order valence-electron chi connectivity index (χ2n) is 4.30. The number of aliphatic hydroxyl groups is 1. The van der Waals surface area contributed by atoms with E-state index in [4.69, 9.17) is 5.11 Å². The Kier molecular flexibility index (Phi) is 14.3. The van der Waals surface area contributed by atoms with E-state index in [2.05, 4.69) is 30.6 Å². The number of unbranched alkanes of at least 4 members (excludes halogenated alkanes) is 8. The van der Waals surface area contributed by atoms with Gasteiger partial charge in [0.05, 0.1) is 0 Å². The van der Waals surface area contributed by atoms with Crippen molar-refractivity contribution in [1.29, 1.82) is 0 Å². The highest BCUT2D eigenvalue weighted by molar-refractivity contribution is 5.25. The molecular formula is C16H26O. The van der Waals surface area contributed by atoms with Gasteiger partial charge in [-0.3, -0.25) is 0 Å². The van der Waals surface area contributed by atoms with E-state index >= 15 is 0 Å². The fraction of sp³-hybridized carbons (Fsp3) is 0.750. The van der Waals surface area contributed by atoms with Crippen molar-refractivity contribution in [3.8, 4) is 23.7 Å². The van der Waals surface area contributed by atoms with Crippen LogP contribution < -0.4 is 0 Å². The van der Waals surface area contributed by atoms with Crippen LogP contribution in [0.2, 0.25) is 0 Å². The van der Waals surface area contributed by atoms with Crippen LogP contribution in [0.1, 0.15) is 71.1 Å². The molecule has 17 heavy (non-hydrogen) atoms. The topological polar surface area (TPSA) is 20.2 Å². The Morgan fingerprint density at radius 1 is 0.706 bits per heavy atom. The third kappa shape index (κ3) is 15.1. The number of hydrogen-bond donors (Lipinski definition) is 1. The van der Waals surface area contributed by atoms with Gasteiger partial charge in [0.15, 0.2) is 0 Å². The van der Waals surface area contributed by atoms with E-state index in [9.17, 15) is 0 Å². The van der Waals surface area contributed by atoms with Gasteiger partial charge in [0.1, 0.15) is 0 Å². The second kappa shape index (κ2) is 15.1. The molecular weight excluding hydrogens is 208 g/mol. The third-order valence-corrected chi connectivity index (χ3v) is 2.60. The van der Waals surface area contributed by atoms with Crippen molar-refractivity contribution in [2.24, 2.45) is 0 Å². The summed E-state index contributed by atoms with van der Waals surface area (Å²) in [6.07, 6.45) is 11.4. The minimum atomic E-state index is 0.335. The molecule has 0 aromatic carbocycles. The van der Waals surface area contributed by atoms with Gasteiger partial charge < -0.3 is 5.11 Å². The van der Waals surface area contributed by atoms with Crippen molar-refractivity contribution < 1.29 is 5.11 Å². The lowest BCUT2D eigenvalue weighted by Crippen LogP contribution is -1.83. The van der Waals surface area contributed by atoms with E-state index in [-0.39, 0.29) is 0 Å². The quantitative estimate of drug-likeness (QED) is 0.474. The molecule has 0 heterocycles. The van der Waals surface area contributed by atoms with Gasteiger partial charge in [-0.2, -0.15) is 0 Å². The number of aliphatic hydroxyl groups excluding tert-OH is 1. The van der Waals surface area contributed by atoms with Crippen LogP contribution in [0, 0.1) is 23.7 Å². The van der Waals surface area contributed by atoms with E-state index in [1.807, 2.05) is 0 Å². The Morgan fingerprint density at radius 3 is 1.82 bits per heavy atom. The zero-order chi connectivity index (χ0) is 12.6. The van der Waals surface area contributed by atoms with Gasteiger partial charge in [-0.05, 0) is 31.1 Å². The first-order valence-electron chi connectivity index (χ1n) is 6.98. The highest BCUT2D eigenvalue weighted by atomic mass is 16.2. The summed E-state index contributed by atoms with van der Waals surface area (Å²) in [6, 6.07) is 0. The minimum Gasteiger partial charge on any atom is -0.396 e. The molecule has 0 aromatic heterocycles. The summed E-state index contributed by atoms with van der Waals surface area (Å²) in [5.74, 6) is 12.0. The molecule has 0 aliphatic rings. The van der Waals surface area contributed by atoms with E-state index in [0.29, 0.717) is 6.61 Å². The van der Waals surface area contributed by atoms with Crippen LogP contribution >= 0.6 is 0 Å². The minimum absolute atomic E-state index is 0.335. The van der Waals surface area contributed by atoms with Gasteiger partial charge in [0.25, 0.3) is 0 Å². The average molecular weight is 234 g/mol. The Morgan fingerprint density at radius 2 is 1.24 bits per heavy atom. The summed E-state index contributed by atoms with van der Waals surface area (Å²) in [4.78, 5) is 0. The lowest BCUT2D eigenvalue weighted by atomic mass is 10.1. The van der Waals surface area contributed by atoms with E-state index in [0.717, 1.165) is 25.7 Å². The highest BCUT2D eigenvalue weighted by Gasteiger charge is 1.89. The predicted molar refractivity (Wildman–Crippen MR) is 74.5 cm³/mol. The van der Waals surface area contributed by atoms with Crippen molar-refractivity contribution in [3.63, 3.8) is 0 Å². The fourth-order valence-electron chi connectivity index (χ4n) is 1.51. The lowest BCUT2D eigenvalue weighted by molar-refractivity contribution is 0.282. The summed E-state index contributed by atoms with van der Waals surface area (Å²) in [6.45, 7) is 2.51. The molecule has 0 aromatic rings. The van der Waals surface area contributed by atoms with Crippen LogP contribution in [0.4, 0.5) is 0 Å². The predicted octanol–water partition coefficient (Wildman–Crippen LogP) is 3.91. The summed E-state index contributed by atoms with van der Waals surface area (Å²) in [5.41, 5.74) is 0. The summed E-state index contributed by atoms with van der Waals surface area (Å²) in [7, 11) is 0. The molecule has 0 atom stereocenters. The molecule has 0 bridgehead atoms. The van der Waals surface area contributed by atoms with Gasteiger partial charge >= 0.3 is 0 Å². The SMILES string of the molecule is CCCCC#CC#CCCCCCCCCO. The van der Waals surface area contributed by atoms with Crippen molar-refractivity contribution in [2.75, 3.05) is 6.61 Å². The van der Waals surface area contributed by atoms with E-state index in [1.54, 1.807) is 0 Å². The van der Waals surface area contributed by atoms with Gasteiger partial charge in [-0.15, -0.1) is 0 Å². The standard InChI is InChI=1S/C16H26O/c1-2-3-4-5-6-7-8-9-10-11-12-13-14-15-16-17/h17H,2-4,9-16H2,1H3. The van der Waals surface area contributed by atoms with Crippen LogP contribution in [-0.2, 0) is 0 Å². The zero-order valence-electron chi connectivity index (χ0n) is 11.2. The Labute approximate surface area is 107 Å². The van der Waals surface area contributed by atoms with Crippen LogP contribution in [0.15, 0.2) is 0 Å². The van der Waals surface area contributed by atoms with Crippen LogP contribution in [0.3, 0.4) is 0 Å². The van der Waals surface area contributed by atoms with Crippen molar-refractivity contribution in [2.45, 2.75) is 71.1 Å². The molecule has 0 aliphatic carbocycles. The van der Waals surface area contributed by atoms with Gasteiger partial charge in [-0.1, -0.05) is 50.9 Å². The molecule has 0 aliphatic heterocycles. The number of hydrogen-bond acceptors (Lipinski definition) is 1. The van der Waals surface area contributed by atoms with Gasteiger partial charge in [0, 0.05) is 19.4 Å². The van der Waals surface area contributed by atoms with Gasteiger partial charge in [0.2, 0.25) is 0 Å². The molecule has 0 radical (unpaired) electrons. The summed E-state index contributed by atoms with van der Waals surface area (Å²) < 4.78 is 0. The highest BCUT2D eigenvalue weighted by Crippen LogP contribution is 2.06. The van der Waals surface area contributed by atoms with Crippen molar-refractivity contribution >= 4 is 0 Å². The first kappa shape index (κ1) is 16.1. The first-order valence-corrected chi connectivity index (χ1v) is 6.98. The molecule has 0 saturated heterocycles. The number of rotatable bonds is 9. The van der Waals surface area contributed by atoms with Crippen molar-refractivity contribution in [1.82, 2.24) is 0 Å². The maximum absolute atomic E-state index is 8.61. The van der Waals surface area contributed by atoms with Crippen LogP contribution in [0.5, 0.6) is 0 Å². The molecule has 0 rings (SSSR count). The Balaban J connectivity index is 3.21. The van der Waals surface area contributed by atoms with Crippen LogP contribution in [-0.4, -0.2) is 11.7 Å². The molecule has 1 N–H and O–H groups in total. The molecule has 0 spiro atoms. The maximum atomic E-state index is 8.61. The van der Waals surface area contributed by atoms with Crippen LogP contribution in [0.25, 0.3) is 0 Å². The molecule has 0 saturated carbocycles. The lowest BCUT2D eigenvalue weighted by Gasteiger charge is -1.97. The fourth-order valence-corrected chi connectivity index (χ4v) is 1.51. The third-order valence-electron chi connectivity index (χ3n) is 2.60. The zero-order valence-corrected chi connectivity index (χ0v) is 11.2. The molecule has 0 amide bonds. The first-order chi connectivity index (χ1) is 8.41. The normalized spacial score (nSPS) is 9.06. The van der Waals surface area contributed by atoms with E-state index in [1.165, 1.54) is 38.5 Å². The molecule has 1 nitrogen and oxygen atoms in total. The molecule has 1 heteroatoms. The second-order valence-corrected chi connectivity index (χ2v) is 4.30. The van der Waals surface area contributed by atoms with Crippen molar-refractivity contribution in [3.05, 3.63) is 0 Å². The molecule has 96 valence electrons. The largest absolute Gasteiger partial charge is 0.396 e. The Hall–Kier alpha value is -0.920.